The summed E-state index contributed by atoms with van der Waals surface area (Å²) in [6.07, 6.45) is 2.91. The molecule has 0 atom stereocenters. The van der Waals surface area contributed by atoms with Crippen molar-refractivity contribution >= 4 is 0 Å². The molecule has 92 valence electrons. The van der Waals surface area contributed by atoms with Crippen molar-refractivity contribution in [3.05, 3.63) is 41.8 Å². The first kappa shape index (κ1) is 13.4. The molecule has 0 saturated carbocycles. The highest BCUT2D eigenvalue weighted by Crippen LogP contribution is 2.23. The Balaban J connectivity index is 0.000000437. The van der Waals surface area contributed by atoms with Gasteiger partial charge in [-0.05, 0) is 24.6 Å². The molecule has 0 fully saturated rings. The van der Waals surface area contributed by atoms with E-state index < -0.39 is 0 Å². The van der Waals surface area contributed by atoms with Gasteiger partial charge in [-0.15, -0.1) is 0 Å². The summed E-state index contributed by atoms with van der Waals surface area (Å²) in [7, 11) is 1.80. The first-order chi connectivity index (χ1) is 8.11. The standard InChI is InChI=1S/C11H11FN2.C3H8/c1-8-4-3-5-9(11(8)12)10-6-7-13-14(10)2;1-3-2/h3-7H,1-2H3;3H2,1-2H3. The maximum atomic E-state index is 13.7. The summed E-state index contributed by atoms with van der Waals surface area (Å²) in [6.45, 7) is 6.01. The van der Waals surface area contributed by atoms with Crippen LogP contribution in [0.1, 0.15) is 25.8 Å². The third-order valence-corrected chi connectivity index (χ3v) is 2.29. The molecule has 0 N–H and O–H groups in total. The molecule has 2 nitrogen and oxygen atoms in total. The van der Waals surface area contributed by atoms with Crippen LogP contribution < -0.4 is 0 Å². The van der Waals surface area contributed by atoms with E-state index in [4.69, 9.17) is 0 Å². The van der Waals surface area contributed by atoms with Gasteiger partial charge in [-0.2, -0.15) is 5.10 Å². The molecule has 0 aliphatic rings. The van der Waals surface area contributed by atoms with Crippen molar-refractivity contribution in [3.8, 4) is 11.3 Å². The van der Waals surface area contributed by atoms with E-state index >= 15 is 0 Å². The first-order valence-electron chi connectivity index (χ1n) is 5.85. The van der Waals surface area contributed by atoms with Gasteiger partial charge in [0.2, 0.25) is 0 Å². The predicted molar refractivity (Wildman–Crippen MR) is 69.3 cm³/mol. The number of hydrogen-bond donors (Lipinski definition) is 0. The lowest BCUT2D eigenvalue weighted by molar-refractivity contribution is 0.619. The van der Waals surface area contributed by atoms with Crippen molar-refractivity contribution in [1.82, 2.24) is 9.78 Å². The highest BCUT2D eigenvalue weighted by Gasteiger charge is 2.09. The predicted octanol–water partition coefficient (Wildman–Crippen LogP) is 3.95. The van der Waals surface area contributed by atoms with Crippen LogP contribution in [0, 0.1) is 12.7 Å². The van der Waals surface area contributed by atoms with Gasteiger partial charge in [0.1, 0.15) is 5.82 Å². The van der Waals surface area contributed by atoms with Crippen LogP contribution in [0.3, 0.4) is 0 Å². The van der Waals surface area contributed by atoms with Crippen LogP contribution in [-0.2, 0) is 7.05 Å². The average Bonchev–Trinajstić information content (AvgIpc) is 2.70. The average molecular weight is 234 g/mol. The van der Waals surface area contributed by atoms with Crippen molar-refractivity contribution in [2.75, 3.05) is 0 Å². The third-order valence-electron chi connectivity index (χ3n) is 2.29. The monoisotopic (exact) mass is 234 g/mol. The Bertz CT molecular complexity index is 475. The van der Waals surface area contributed by atoms with Gasteiger partial charge in [-0.25, -0.2) is 4.39 Å². The van der Waals surface area contributed by atoms with E-state index in [1.165, 1.54) is 6.42 Å². The Labute approximate surface area is 102 Å². The van der Waals surface area contributed by atoms with Crippen LogP contribution in [0.15, 0.2) is 30.5 Å². The second kappa shape index (κ2) is 6.18. The van der Waals surface area contributed by atoms with Gasteiger partial charge in [0.05, 0.1) is 5.69 Å². The van der Waals surface area contributed by atoms with Gasteiger partial charge in [-0.3, -0.25) is 4.68 Å². The number of aromatic nitrogens is 2. The van der Waals surface area contributed by atoms with Crippen LogP contribution in [-0.4, -0.2) is 9.78 Å². The Hall–Kier alpha value is -1.64. The normalized spacial score (nSPS) is 9.71. The minimum absolute atomic E-state index is 0.170. The summed E-state index contributed by atoms with van der Waals surface area (Å²) in [4.78, 5) is 0. The number of hydrogen-bond acceptors (Lipinski definition) is 1. The summed E-state index contributed by atoms with van der Waals surface area (Å²) < 4.78 is 15.4. The largest absolute Gasteiger partial charge is 0.268 e. The fourth-order valence-corrected chi connectivity index (χ4v) is 1.48. The van der Waals surface area contributed by atoms with Crippen molar-refractivity contribution in [1.29, 1.82) is 0 Å². The molecule has 0 aliphatic heterocycles. The van der Waals surface area contributed by atoms with E-state index in [2.05, 4.69) is 18.9 Å². The van der Waals surface area contributed by atoms with Gasteiger partial charge in [-0.1, -0.05) is 32.4 Å². The molecule has 1 aromatic carbocycles. The van der Waals surface area contributed by atoms with Crippen molar-refractivity contribution < 1.29 is 4.39 Å². The number of aryl methyl sites for hydroxylation is 2. The minimum Gasteiger partial charge on any atom is -0.268 e. The van der Waals surface area contributed by atoms with E-state index in [1.54, 1.807) is 43.0 Å². The molecule has 2 rings (SSSR count). The van der Waals surface area contributed by atoms with Crippen LogP contribution >= 0.6 is 0 Å². The molecule has 1 aromatic heterocycles. The van der Waals surface area contributed by atoms with Crippen LogP contribution in [0.4, 0.5) is 4.39 Å². The summed E-state index contributed by atoms with van der Waals surface area (Å²) in [6, 6.07) is 7.17. The van der Waals surface area contributed by atoms with Crippen molar-refractivity contribution in [2.45, 2.75) is 27.2 Å². The molecule has 2 aromatic rings. The summed E-state index contributed by atoms with van der Waals surface area (Å²) in [5.41, 5.74) is 2.06. The SMILES string of the molecule is CCC.Cc1cccc(-c2ccnn2C)c1F. The zero-order chi connectivity index (χ0) is 12.8. The summed E-state index contributed by atoms with van der Waals surface area (Å²) in [5, 5.41) is 4.01. The lowest BCUT2D eigenvalue weighted by atomic mass is 10.1. The van der Waals surface area contributed by atoms with Gasteiger partial charge in [0, 0.05) is 18.8 Å². The highest BCUT2D eigenvalue weighted by atomic mass is 19.1. The second-order valence-electron chi connectivity index (χ2n) is 3.98. The van der Waals surface area contributed by atoms with Crippen molar-refractivity contribution in [2.24, 2.45) is 7.05 Å². The maximum absolute atomic E-state index is 13.7. The van der Waals surface area contributed by atoms with E-state index in [-0.39, 0.29) is 5.82 Å². The van der Waals surface area contributed by atoms with E-state index in [0.29, 0.717) is 11.1 Å². The molecule has 1 heterocycles. The van der Waals surface area contributed by atoms with Gasteiger partial charge >= 0.3 is 0 Å². The van der Waals surface area contributed by atoms with Gasteiger partial charge in [0.15, 0.2) is 0 Å². The van der Waals surface area contributed by atoms with Gasteiger partial charge in [0.25, 0.3) is 0 Å². The number of nitrogens with zero attached hydrogens (tertiary/aromatic N) is 2. The molecule has 0 unspecified atom stereocenters. The fourth-order valence-electron chi connectivity index (χ4n) is 1.48. The molecule has 0 amide bonds. The number of benzene rings is 1. The molecular formula is C14H19FN2. The van der Waals surface area contributed by atoms with E-state index in [0.717, 1.165) is 5.69 Å². The molecule has 0 saturated heterocycles. The van der Waals surface area contributed by atoms with E-state index in [9.17, 15) is 4.39 Å². The topological polar surface area (TPSA) is 17.8 Å². The maximum Gasteiger partial charge on any atom is 0.135 e. The minimum atomic E-state index is -0.170. The van der Waals surface area contributed by atoms with Gasteiger partial charge < -0.3 is 0 Å². The molecule has 0 aliphatic carbocycles. The molecule has 0 radical (unpaired) electrons. The Morgan fingerprint density at radius 1 is 1.24 bits per heavy atom. The van der Waals surface area contributed by atoms with Crippen LogP contribution in [0.2, 0.25) is 0 Å². The smallest absolute Gasteiger partial charge is 0.135 e. The fraction of sp³-hybridized carbons (Fsp3) is 0.357. The second-order valence-corrected chi connectivity index (χ2v) is 3.98. The molecular weight excluding hydrogens is 215 g/mol. The molecule has 3 heteroatoms. The first-order valence-corrected chi connectivity index (χ1v) is 5.85. The summed E-state index contributed by atoms with van der Waals surface area (Å²) in [5.74, 6) is -0.170. The molecule has 0 bridgehead atoms. The zero-order valence-corrected chi connectivity index (χ0v) is 10.9. The Morgan fingerprint density at radius 2 is 1.88 bits per heavy atom. The molecule has 17 heavy (non-hydrogen) atoms. The Morgan fingerprint density at radius 3 is 2.41 bits per heavy atom. The summed E-state index contributed by atoms with van der Waals surface area (Å²) >= 11 is 0. The quantitative estimate of drug-likeness (QED) is 0.730. The van der Waals surface area contributed by atoms with E-state index in [1.807, 2.05) is 6.07 Å². The molecule has 0 spiro atoms. The zero-order valence-electron chi connectivity index (χ0n) is 10.9. The van der Waals surface area contributed by atoms with Crippen molar-refractivity contribution in [3.63, 3.8) is 0 Å². The lowest BCUT2D eigenvalue weighted by Crippen LogP contribution is -1.96. The van der Waals surface area contributed by atoms with Crippen LogP contribution in [0.25, 0.3) is 11.3 Å². The third kappa shape index (κ3) is 3.16. The highest BCUT2D eigenvalue weighted by molar-refractivity contribution is 5.61. The number of rotatable bonds is 1. The number of halogens is 1. The Kier molecular flexibility index (Phi) is 4.88. The lowest BCUT2D eigenvalue weighted by Gasteiger charge is -2.05. The van der Waals surface area contributed by atoms with Crippen LogP contribution in [0.5, 0.6) is 0 Å².